The fourth-order valence-corrected chi connectivity index (χ4v) is 0.508. The molecule has 0 N–H and O–H groups in total. The lowest BCUT2D eigenvalue weighted by atomic mass is 11.0. The van der Waals surface area contributed by atoms with Gasteiger partial charge in [-0.1, -0.05) is 11.8 Å². The van der Waals surface area contributed by atoms with Crippen molar-refractivity contribution in [1.82, 2.24) is 10.4 Å². The van der Waals surface area contributed by atoms with Crippen molar-refractivity contribution >= 4 is 11.8 Å². The smallest absolute Gasteiger partial charge is 0.213 e. The molecule has 1 aromatic heterocycles. The lowest BCUT2D eigenvalue weighted by Gasteiger charge is -1.74. The van der Waals surface area contributed by atoms with E-state index in [1.165, 1.54) is 11.8 Å². The van der Waals surface area contributed by atoms with E-state index in [9.17, 15) is 0 Å². The summed E-state index contributed by atoms with van der Waals surface area (Å²) in [5.41, 5.74) is 0. The summed E-state index contributed by atoms with van der Waals surface area (Å²) in [4.78, 5) is 0. The van der Waals surface area contributed by atoms with Gasteiger partial charge in [0.2, 0.25) is 5.09 Å². The first kappa shape index (κ1) is 4.64. The molecule has 0 unspecified atom stereocenters. The Balaban J connectivity index is 2.76. The van der Waals surface area contributed by atoms with E-state index in [0.717, 1.165) is 5.09 Å². The molecule has 0 atom stereocenters. The number of hydrogen-bond donors (Lipinski definition) is 0. The topological polar surface area (TPSA) is 38.9 Å². The van der Waals surface area contributed by atoms with Crippen LogP contribution in [-0.4, -0.2) is 16.6 Å². The lowest BCUT2D eigenvalue weighted by Crippen LogP contribution is -1.53. The number of nitrogens with zero attached hydrogens (tertiary/aromatic N) is 2. The Kier molecular flexibility index (Phi) is 1.31. The third-order valence-electron chi connectivity index (χ3n) is 0.542. The zero-order chi connectivity index (χ0) is 5.11. The van der Waals surface area contributed by atoms with E-state index in [0.29, 0.717) is 0 Å². The minimum absolute atomic E-state index is 0.750. The quantitative estimate of drug-likeness (QED) is 0.508. The summed E-state index contributed by atoms with van der Waals surface area (Å²) in [5.74, 6) is 0. The van der Waals surface area contributed by atoms with Gasteiger partial charge in [-0.15, -0.1) is 5.10 Å². The number of aromatic nitrogens is 2. The van der Waals surface area contributed by atoms with Crippen LogP contribution in [0.15, 0.2) is 15.8 Å². The largest absolute Gasteiger partial charge is 0.330 e. The summed E-state index contributed by atoms with van der Waals surface area (Å²) in [6.45, 7) is 0. The third-order valence-corrected chi connectivity index (χ3v) is 1.12. The van der Waals surface area contributed by atoms with Gasteiger partial charge in [-0.2, -0.15) is 0 Å². The Hall–Kier alpha value is -0.510. The van der Waals surface area contributed by atoms with E-state index in [1.54, 1.807) is 6.20 Å². The van der Waals surface area contributed by atoms with Crippen LogP contribution in [0.25, 0.3) is 0 Å². The van der Waals surface area contributed by atoms with Crippen LogP contribution in [0.3, 0.4) is 0 Å². The van der Waals surface area contributed by atoms with Gasteiger partial charge >= 0.3 is 0 Å². The third kappa shape index (κ3) is 0.928. The molecule has 38 valence electrons. The number of hydrogen-bond acceptors (Lipinski definition) is 4. The number of thioether (sulfide) groups is 1. The highest BCUT2D eigenvalue weighted by Gasteiger charge is 1.88. The molecule has 0 aliphatic rings. The molecule has 0 saturated carbocycles. The fourth-order valence-electron chi connectivity index (χ4n) is 0.248. The van der Waals surface area contributed by atoms with E-state index >= 15 is 0 Å². The van der Waals surface area contributed by atoms with Crippen LogP contribution in [-0.2, 0) is 0 Å². The van der Waals surface area contributed by atoms with Crippen molar-refractivity contribution in [3.05, 3.63) is 6.20 Å². The molecule has 3 nitrogen and oxygen atoms in total. The van der Waals surface area contributed by atoms with Crippen molar-refractivity contribution in [2.75, 3.05) is 6.26 Å². The number of rotatable bonds is 1. The predicted octanol–water partition coefficient (Wildman–Crippen LogP) is 0.791. The summed E-state index contributed by atoms with van der Waals surface area (Å²) < 4.78 is 4.58. The molecule has 7 heavy (non-hydrogen) atoms. The maximum absolute atomic E-state index is 4.58. The van der Waals surface area contributed by atoms with Gasteiger partial charge < -0.3 is 4.52 Å². The van der Waals surface area contributed by atoms with Gasteiger partial charge in [-0.3, -0.25) is 0 Å². The molecule has 0 aliphatic heterocycles. The lowest BCUT2D eigenvalue weighted by molar-refractivity contribution is 0.331. The van der Waals surface area contributed by atoms with Crippen LogP contribution in [0, 0.1) is 0 Å². The van der Waals surface area contributed by atoms with Crippen LogP contribution in [0.4, 0.5) is 0 Å². The highest BCUT2D eigenvalue weighted by Crippen LogP contribution is 2.08. The van der Waals surface area contributed by atoms with Crippen LogP contribution in [0.1, 0.15) is 0 Å². The van der Waals surface area contributed by atoms with Gasteiger partial charge in [0, 0.05) is 5.27 Å². The fraction of sp³-hybridized carbons (Fsp3) is 0.333. The Morgan fingerprint density at radius 3 is 3.00 bits per heavy atom. The molecule has 1 rings (SSSR count). The standard InChI is InChI=1S/C3H4N2OS/c1-7-3-2-4-5-6-3/h2H,1H3. The van der Waals surface area contributed by atoms with E-state index in [4.69, 9.17) is 0 Å². The second-order valence-electron chi connectivity index (χ2n) is 0.941. The SMILES string of the molecule is CSc1cnno1. The minimum atomic E-state index is 0.750. The van der Waals surface area contributed by atoms with Crippen molar-refractivity contribution in [3.63, 3.8) is 0 Å². The van der Waals surface area contributed by atoms with Crippen molar-refractivity contribution in [2.24, 2.45) is 0 Å². The molecule has 0 saturated heterocycles. The molecule has 0 aliphatic carbocycles. The summed E-state index contributed by atoms with van der Waals surface area (Å²) in [5, 5.41) is 7.45. The predicted molar refractivity (Wildman–Crippen MR) is 26.1 cm³/mol. The van der Waals surface area contributed by atoms with Gasteiger partial charge in [-0.05, 0) is 6.26 Å². The van der Waals surface area contributed by atoms with E-state index in [1.807, 2.05) is 6.26 Å². The minimum Gasteiger partial charge on any atom is -0.330 e. The highest BCUT2D eigenvalue weighted by molar-refractivity contribution is 7.98. The van der Waals surface area contributed by atoms with E-state index in [2.05, 4.69) is 14.9 Å². The summed E-state index contributed by atoms with van der Waals surface area (Å²) in [7, 11) is 0. The van der Waals surface area contributed by atoms with Gasteiger partial charge in [-0.25, -0.2) is 0 Å². The maximum atomic E-state index is 4.58. The first-order valence-corrected chi connectivity index (χ1v) is 2.97. The normalized spacial score (nSPS) is 9.29. The Morgan fingerprint density at radius 2 is 2.71 bits per heavy atom. The monoisotopic (exact) mass is 116 g/mol. The molecule has 0 aromatic carbocycles. The molecule has 0 amide bonds. The summed E-state index contributed by atoms with van der Waals surface area (Å²) in [6.07, 6.45) is 3.48. The van der Waals surface area contributed by atoms with Crippen molar-refractivity contribution < 1.29 is 4.52 Å². The average molecular weight is 116 g/mol. The summed E-state index contributed by atoms with van der Waals surface area (Å²) >= 11 is 1.48. The van der Waals surface area contributed by atoms with Crippen LogP contribution in [0.2, 0.25) is 0 Å². The Morgan fingerprint density at radius 1 is 1.86 bits per heavy atom. The molecule has 0 fully saturated rings. The van der Waals surface area contributed by atoms with Crippen LogP contribution >= 0.6 is 11.8 Å². The molecule has 0 spiro atoms. The van der Waals surface area contributed by atoms with Gasteiger partial charge in [0.15, 0.2) is 0 Å². The van der Waals surface area contributed by atoms with Gasteiger partial charge in [0.05, 0.1) is 0 Å². The molecule has 1 heterocycles. The highest BCUT2D eigenvalue weighted by atomic mass is 32.2. The molecule has 0 bridgehead atoms. The molecule has 1 aromatic rings. The van der Waals surface area contributed by atoms with Crippen molar-refractivity contribution in [1.29, 1.82) is 0 Å². The van der Waals surface area contributed by atoms with Crippen LogP contribution in [0.5, 0.6) is 0 Å². The Bertz CT molecular complexity index is 127. The molecule has 0 radical (unpaired) electrons. The van der Waals surface area contributed by atoms with Crippen LogP contribution < -0.4 is 0 Å². The van der Waals surface area contributed by atoms with Crippen molar-refractivity contribution in [3.8, 4) is 0 Å². The first-order chi connectivity index (χ1) is 3.43. The Labute approximate surface area is 45.1 Å². The molecule has 4 heteroatoms. The molecular weight excluding hydrogens is 112 g/mol. The first-order valence-electron chi connectivity index (χ1n) is 1.75. The maximum Gasteiger partial charge on any atom is 0.213 e. The van der Waals surface area contributed by atoms with E-state index < -0.39 is 0 Å². The van der Waals surface area contributed by atoms with Gasteiger partial charge in [0.25, 0.3) is 0 Å². The second-order valence-corrected chi connectivity index (χ2v) is 1.75. The summed E-state index contributed by atoms with van der Waals surface area (Å²) in [6, 6.07) is 0. The van der Waals surface area contributed by atoms with E-state index in [-0.39, 0.29) is 0 Å². The van der Waals surface area contributed by atoms with Crippen molar-refractivity contribution in [2.45, 2.75) is 5.09 Å². The zero-order valence-corrected chi connectivity index (χ0v) is 4.60. The molecular formula is C3H4N2OS. The second kappa shape index (κ2) is 1.97. The zero-order valence-electron chi connectivity index (χ0n) is 3.79. The average Bonchev–Trinajstić information content (AvgIpc) is 2.14. The van der Waals surface area contributed by atoms with Gasteiger partial charge in [0.1, 0.15) is 6.20 Å².